The van der Waals surface area contributed by atoms with Gasteiger partial charge in [-0.3, -0.25) is 4.79 Å². The molecule has 14 heavy (non-hydrogen) atoms. The van der Waals surface area contributed by atoms with Crippen molar-refractivity contribution in [2.45, 2.75) is 45.1 Å². The number of allylic oxidation sites excluding steroid dienone is 1. The van der Waals surface area contributed by atoms with E-state index in [1.165, 1.54) is 5.57 Å². The van der Waals surface area contributed by atoms with Crippen molar-refractivity contribution in [1.29, 1.82) is 0 Å². The molecular formula is C12H18O2. The van der Waals surface area contributed by atoms with Crippen LogP contribution in [0.15, 0.2) is 12.2 Å². The van der Waals surface area contributed by atoms with E-state index in [1.807, 2.05) is 0 Å². The van der Waals surface area contributed by atoms with E-state index in [2.05, 4.69) is 20.4 Å². The fraction of sp³-hybridized carbons (Fsp3) is 0.750. The van der Waals surface area contributed by atoms with Gasteiger partial charge in [-0.25, -0.2) is 0 Å². The van der Waals surface area contributed by atoms with E-state index in [-0.39, 0.29) is 11.6 Å². The van der Waals surface area contributed by atoms with Gasteiger partial charge >= 0.3 is 5.97 Å². The predicted molar refractivity (Wildman–Crippen MR) is 54.8 cm³/mol. The molecular weight excluding hydrogens is 176 g/mol. The molecule has 1 saturated heterocycles. The lowest BCUT2D eigenvalue weighted by Crippen LogP contribution is -2.37. The number of carbonyl (C=O) groups is 1. The van der Waals surface area contributed by atoms with Crippen LogP contribution in [0.2, 0.25) is 0 Å². The summed E-state index contributed by atoms with van der Waals surface area (Å²) in [5.74, 6) is 1.01. The molecule has 1 aliphatic carbocycles. The van der Waals surface area contributed by atoms with Crippen molar-refractivity contribution in [2.75, 3.05) is 0 Å². The molecule has 0 bridgehead atoms. The van der Waals surface area contributed by atoms with Gasteiger partial charge in [-0.15, -0.1) is 0 Å². The molecule has 1 heterocycles. The Morgan fingerprint density at radius 3 is 3.00 bits per heavy atom. The number of fused-ring (bicyclic) bond motifs is 1. The van der Waals surface area contributed by atoms with E-state index in [0.717, 1.165) is 19.3 Å². The first-order chi connectivity index (χ1) is 6.51. The SMILES string of the molecule is C=C(C)[C@@H]1CC[C@@]2(C)OC(=O)C[C@H]2C1. The summed E-state index contributed by atoms with van der Waals surface area (Å²) < 4.78 is 5.41. The summed E-state index contributed by atoms with van der Waals surface area (Å²) in [6.45, 7) is 8.18. The third kappa shape index (κ3) is 1.47. The highest BCUT2D eigenvalue weighted by Crippen LogP contribution is 2.47. The Morgan fingerprint density at radius 2 is 2.36 bits per heavy atom. The molecule has 0 aromatic heterocycles. The predicted octanol–water partition coefficient (Wildman–Crippen LogP) is 2.68. The van der Waals surface area contributed by atoms with Crippen LogP contribution >= 0.6 is 0 Å². The van der Waals surface area contributed by atoms with Gasteiger partial charge in [0.05, 0.1) is 6.42 Å². The highest BCUT2D eigenvalue weighted by molar-refractivity contribution is 5.73. The minimum Gasteiger partial charge on any atom is -0.459 e. The second-order valence-corrected chi connectivity index (χ2v) is 5.01. The van der Waals surface area contributed by atoms with Crippen LogP contribution in [0, 0.1) is 11.8 Å². The highest BCUT2D eigenvalue weighted by Gasteiger charge is 2.48. The largest absolute Gasteiger partial charge is 0.459 e. The smallest absolute Gasteiger partial charge is 0.306 e. The van der Waals surface area contributed by atoms with Crippen LogP contribution in [0.3, 0.4) is 0 Å². The molecule has 2 aliphatic rings. The molecule has 0 unspecified atom stereocenters. The standard InChI is InChI=1S/C12H18O2/c1-8(2)9-4-5-12(3)10(6-9)7-11(13)14-12/h9-10H,1,4-7H2,2-3H3/t9-,10-,12-/m1/s1. The fourth-order valence-electron chi connectivity index (χ4n) is 2.76. The number of esters is 1. The topological polar surface area (TPSA) is 26.3 Å². The van der Waals surface area contributed by atoms with Crippen LogP contribution in [0.1, 0.15) is 39.5 Å². The molecule has 0 aromatic rings. The molecule has 3 atom stereocenters. The van der Waals surface area contributed by atoms with E-state index < -0.39 is 0 Å². The first-order valence-electron chi connectivity index (χ1n) is 5.38. The van der Waals surface area contributed by atoms with Gasteiger partial charge in [0.2, 0.25) is 0 Å². The van der Waals surface area contributed by atoms with Gasteiger partial charge < -0.3 is 4.74 Å². The van der Waals surface area contributed by atoms with Crippen LogP contribution in [0.5, 0.6) is 0 Å². The molecule has 0 radical (unpaired) electrons. The first kappa shape index (κ1) is 9.75. The molecule has 0 amide bonds. The zero-order valence-corrected chi connectivity index (χ0v) is 9.01. The monoisotopic (exact) mass is 194 g/mol. The van der Waals surface area contributed by atoms with E-state index in [1.54, 1.807) is 0 Å². The summed E-state index contributed by atoms with van der Waals surface area (Å²) in [6.07, 6.45) is 3.81. The van der Waals surface area contributed by atoms with E-state index in [0.29, 0.717) is 18.3 Å². The lowest BCUT2D eigenvalue weighted by atomic mass is 9.70. The van der Waals surface area contributed by atoms with Crippen molar-refractivity contribution >= 4 is 5.97 Å². The maximum Gasteiger partial charge on any atom is 0.306 e. The van der Waals surface area contributed by atoms with E-state index >= 15 is 0 Å². The van der Waals surface area contributed by atoms with Crippen molar-refractivity contribution in [3.05, 3.63) is 12.2 Å². The maximum atomic E-state index is 11.2. The Bertz CT molecular complexity index is 282. The van der Waals surface area contributed by atoms with Crippen LogP contribution in [-0.2, 0) is 9.53 Å². The fourth-order valence-corrected chi connectivity index (χ4v) is 2.76. The zero-order valence-electron chi connectivity index (χ0n) is 9.01. The van der Waals surface area contributed by atoms with Crippen LogP contribution in [0.25, 0.3) is 0 Å². The third-order valence-electron chi connectivity index (χ3n) is 3.88. The highest BCUT2D eigenvalue weighted by atomic mass is 16.6. The Morgan fingerprint density at radius 1 is 1.64 bits per heavy atom. The van der Waals surface area contributed by atoms with E-state index in [4.69, 9.17) is 4.74 Å². The molecule has 1 aliphatic heterocycles. The molecule has 0 aromatic carbocycles. The zero-order chi connectivity index (χ0) is 10.3. The number of ether oxygens (including phenoxy) is 1. The lowest BCUT2D eigenvalue weighted by Gasteiger charge is -2.38. The van der Waals surface area contributed by atoms with Gasteiger partial charge in [-0.1, -0.05) is 12.2 Å². The van der Waals surface area contributed by atoms with E-state index in [9.17, 15) is 4.79 Å². The summed E-state index contributed by atoms with van der Waals surface area (Å²) in [6, 6.07) is 0. The van der Waals surface area contributed by atoms with Gasteiger partial charge in [-0.05, 0) is 39.0 Å². The Balaban J connectivity index is 2.11. The molecule has 2 fully saturated rings. The maximum absolute atomic E-state index is 11.2. The molecule has 2 rings (SSSR count). The Kier molecular flexibility index (Phi) is 2.17. The summed E-state index contributed by atoms with van der Waals surface area (Å²) in [7, 11) is 0. The second-order valence-electron chi connectivity index (χ2n) is 5.01. The summed E-state index contributed by atoms with van der Waals surface area (Å²) >= 11 is 0. The van der Waals surface area contributed by atoms with Gasteiger partial charge in [0.15, 0.2) is 0 Å². The normalized spacial score (nSPS) is 41.7. The Hall–Kier alpha value is -0.790. The van der Waals surface area contributed by atoms with Gasteiger partial charge in [0.25, 0.3) is 0 Å². The van der Waals surface area contributed by atoms with Crippen molar-refractivity contribution in [2.24, 2.45) is 11.8 Å². The number of carbonyl (C=O) groups excluding carboxylic acids is 1. The van der Waals surface area contributed by atoms with Crippen LogP contribution in [0.4, 0.5) is 0 Å². The quantitative estimate of drug-likeness (QED) is 0.474. The first-order valence-corrected chi connectivity index (χ1v) is 5.38. The summed E-state index contributed by atoms with van der Waals surface area (Å²) in [5.41, 5.74) is 1.09. The average Bonchev–Trinajstić information content (AvgIpc) is 2.37. The molecule has 78 valence electrons. The number of rotatable bonds is 1. The average molecular weight is 194 g/mol. The lowest BCUT2D eigenvalue weighted by molar-refractivity contribution is -0.149. The molecule has 1 saturated carbocycles. The van der Waals surface area contributed by atoms with Crippen molar-refractivity contribution in [1.82, 2.24) is 0 Å². The van der Waals surface area contributed by atoms with Crippen molar-refractivity contribution < 1.29 is 9.53 Å². The third-order valence-corrected chi connectivity index (χ3v) is 3.88. The van der Waals surface area contributed by atoms with Crippen molar-refractivity contribution in [3.8, 4) is 0 Å². The molecule has 0 spiro atoms. The van der Waals surface area contributed by atoms with Gasteiger partial charge in [-0.2, -0.15) is 0 Å². The second kappa shape index (κ2) is 3.11. The summed E-state index contributed by atoms with van der Waals surface area (Å²) in [5, 5.41) is 0. The summed E-state index contributed by atoms with van der Waals surface area (Å²) in [4.78, 5) is 11.2. The number of hydrogen-bond donors (Lipinski definition) is 0. The van der Waals surface area contributed by atoms with Crippen molar-refractivity contribution in [3.63, 3.8) is 0 Å². The molecule has 2 heteroatoms. The minimum atomic E-state index is -0.164. The number of hydrogen-bond acceptors (Lipinski definition) is 2. The van der Waals surface area contributed by atoms with Gasteiger partial charge in [0.1, 0.15) is 5.60 Å². The van der Waals surface area contributed by atoms with Crippen LogP contribution in [-0.4, -0.2) is 11.6 Å². The van der Waals surface area contributed by atoms with Gasteiger partial charge in [0, 0.05) is 5.92 Å². The van der Waals surface area contributed by atoms with Crippen LogP contribution < -0.4 is 0 Å². The molecule has 2 nitrogen and oxygen atoms in total. The Labute approximate surface area is 85.3 Å². The molecule has 0 N–H and O–H groups in total. The minimum absolute atomic E-state index is 0.0140.